The van der Waals surface area contributed by atoms with Crippen LogP contribution in [0.25, 0.3) is 0 Å². The van der Waals surface area contributed by atoms with Crippen molar-refractivity contribution in [3.8, 4) is 5.75 Å². The van der Waals surface area contributed by atoms with Crippen molar-refractivity contribution in [2.75, 3.05) is 6.54 Å². The van der Waals surface area contributed by atoms with Gasteiger partial charge in [-0.05, 0) is 57.4 Å². The third kappa shape index (κ3) is 6.30. The highest BCUT2D eigenvalue weighted by Gasteiger charge is 2.24. The van der Waals surface area contributed by atoms with Crippen molar-refractivity contribution < 1.29 is 13.2 Å². The number of hydrogen-bond acceptors (Lipinski definition) is 4. The summed E-state index contributed by atoms with van der Waals surface area (Å²) in [5.74, 6) is 0.698. The van der Waals surface area contributed by atoms with Gasteiger partial charge >= 0.3 is 0 Å². The number of rotatable bonds is 8. The van der Waals surface area contributed by atoms with Crippen LogP contribution in [-0.4, -0.2) is 26.6 Å². The van der Waals surface area contributed by atoms with Crippen molar-refractivity contribution in [1.29, 1.82) is 0 Å². The minimum absolute atomic E-state index is 0. The molecule has 0 aliphatic rings. The second-order valence-electron chi connectivity index (χ2n) is 5.99. The van der Waals surface area contributed by atoms with Crippen molar-refractivity contribution in [2.24, 2.45) is 5.73 Å². The molecule has 0 saturated carbocycles. The molecule has 1 aromatic rings. The zero-order valence-electron chi connectivity index (χ0n) is 14.5. The van der Waals surface area contributed by atoms with E-state index in [0.717, 1.165) is 5.56 Å². The fourth-order valence-corrected chi connectivity index (χ4v) is 3.22. The molecule has 1 aromatic carbocycles. The number of ether oxygens (including phenoxy) is 1. The second kappa shape index (κ2) is 8.87. The maximum Gasteiger partial charge on any atom is 0.240 e. The van der Waals surface area contributed by atoms with Gasteiger partial charge in [0.25, 0.3) is 0 Å². The van der Waals surface area contributed by atoms with Gasteiger partial charge in [-0.25, -0.2) is 13.1 Å². The summed E-state index contributed by atoms with van der Waals surface area (Å²) in [6.07, 6.45) is 1.48. The molecule has 0 atom stereocenters. The number of halogens is 1. The topological polar surface area (TPSA) is 81.4 Å². The van der Waals surface area contributed by atoms with E-state index >= 15 is 0 Å². The summed E-state index contributed by atoms with van der Waals surface area (Å²) < 4.78 is 33.0. The standard InChI is InChI=1S/C16H28N2O3S.ClH/c1-6-16(17,7-2)11-18-22(19,20)14-8-9-15(13(5)10-14)21-12(3)4;/h8-10,12,18H,6-7,11,17H2,1-5H3;1H. The molecule has 0 aromatic heterocycles. The largest absolute Gasteiger partial charge is 0.491 e. The lowest BCUT2D eigenvalue weighted by Crippen LogP contribution is -2.49. The van der Waals surface area contributed by atoms with E-state index < -0.39 is 15.6 Å². The third-order valence-electron chi connectivity index (χ3n) is 3.84. The number of hydrogen-bond donors (Lipinski definition) is 2. The van der Waals surface area contributed by atoms with Gasteiger partial charge in [0.1, 0.15) is 5.75 Å². The Hall–Kier alpha value is -0.820. The first-order valence-corrected chi connectivity index (χ1v) is 9.17. The third-order valence-corrected chi connectivity index (χ3v) is 5.24. The maximum absolute atomic E-state index is 12.4. The summed E-state index contributed by atoms with van der Waals surface area (Å²) in [4.78, 5) is 0.232. The highest BCUT2D eigenvalue weighted by Crippen LogP contribution is 2.23. The van der Waals surface area contributed by atoms with Crippen LogP contribution in [0.15, 0.2) is 23.1 Å². The number of aryl methyl sites for hydroxylation is 1. The van der Waals surface area contributed by atoms with E-state index in [9.17, 15) is 8.42 Å². The molecule has 1 rings (SSSR count). The Kier molecular flexibility index (Phi) is 8.56. The molecule has 0 aliphatic carbocycles. The predicted octanol–water partition coefficient (Wildman–Crippen LogP) is 3.00. The molecule has 7 heteroatoms. The molecule has 0 fully saturated rings. The van der Waals surface area contributed by atoms with Gasteiger partial charge in [-0.2, -0.15) is 0 Å². The van der Waals surface area contributed by atoms with E-state index in [-0.39, 0.29) is 30.0 Å². The van der Waals surface area contributed by atoms with Crippen molar-refractivity contribution >= 4 is 22.4 Å². The first-order valence-electron chi connectivity index (χ1n) is 7.69. The van der Waals surface area contributed by atoms with Crippen LogP contribution in [0.4, 0.5) is 0 Å². The number of nitrogens with one attached hydrogen (secondary N) is 1. The summed E-state index contributed by atoms with van der Waals surface area (Å²) in [6.45, 7) is 9.84. The van der Waals surface area contributed by atoms with E-state index in [2.05, 4.69) is 4.72 Å². The highest BCUT2D eigenvalue weighted by molar-refractivity contribution is 7.89. The van der Waals surface area contributed by atoms with E-state index in [1.807, 2.05) is 34.6 Å². The van der Waals surface area contributed by atoms with Crippen molar-refractivity contribution in [1.82, 2.24) is 4.72 Å². The Morgan fingerprint density at radius 2 is 1.83 bits per heavy atom. The maximum atomic E-state index is 12.4. The summed E-state index contributed by atoms with van der Waals surface area (Å²) in [7, 11) is -3.57. The van der Waals surface area contributed by atoms with Crippen LogP contribution in [0.2, 0.25) is 0 Å². The van der Waals surface area contributed by atoms with Crippen LogP contribution in [0.5, 0.6) is 5.75 Å². The van der Waals surface area contributed by atoms with Crippen LogP contribution in [-0.2, 0) is 10.0 Å². The molecule has 5 nitrogen and oxygen atoms in total. The number of sulfonamides is 1. The van der Waals surface area contributed by atoms with Crippen LogP contribution in [0.1, 0.15) is 46.1 Å². The SMILES string of the molecule is CCC(N)(CC)CNS(=O)(=O)c1ccc(OC(C)C)c(C)c1.Cl. The molecule has 23 heavy (non-hydrogen) atoms. The predicted molar refractivity (Wildman–Crippen MR) is 96.9 cm³/mol. The average Bonchev–Trinajstić information content (AvgIpc) is 2.46. The van der Waals surface area contributed by atoms with Gasteiger partial charge in [0.05, 0.1) is 11.0 Å². The Labute approximate surface area is 146 Å². The Morgan fingerprint density at radius 1 is 1.26 bits per heavy atom. The molecule has 0 saturated heterocycles. The lowest BCUT2D eigenvalue weighted by Gasteiger charge is -2.26. The van der Waals surface area contributed by atoms with Gasteiger partial charge in [0.2, 0.25) is 10.0 Å². The number of nitrogens with two attached hydrogens (primary N) is 1. The van der Waals surface area contributed by atoms with E-state index in [0.29, 0.717) is 18.6 Å². The fourth-order valence-electron chi connectivity index (χ4n) is 2.00. The fraction of sp³-hybridized carbons (Fsp3) is 0.625. The lowest BCUT2D eigenvalue weighted by molar-refractivity contribution is 0.240. The average molecular weight is 365 g/mol. The van der Waals surface area contributed by atoms with Gasteiger partial charge in [-0.3, -0.25) is 0 Å². The molecule has 3 N–H and O–H groups in total. The Bertz CT molecular complexity index is 599. The molecule has 0 aliphatic heterocycles. The molecule has 134 valence electrons. The molecule has 0 unspecified atom stereocenters. The van der Waals surface area contributed by atoms with Crippen molar-refractivity contribution in [2.45, 2.75) is 64.0 Å². The number of benzene rings is 1. The lowest BCUT2D eigenvalue weighted by atomic mass is 9.95. The molecule has 0 radical (unpaired) electrons. The molecular weight excluding hydrogens is 336 g/mol. The van der Waals surface area contributed by atoms with Crippen molar-refractivity contribution in [3.05, 3.63) is 23.8 Å². The first-order chi connectivity index (χ1) is 10.1. The van der Waals surface area contributed by atoms with Gasteiger partial charge in [0, 0.05) is 12.1 Å². The van der Waals surface area contributed by atoms with Crippen LogP contribution in [0.3, 0.4) is 0 Å². The monoisotopic (exact) mass is 364 g/mol. The normalized spacial score (nSPS) is 12.1. The minimum Gasteiger partial charge on any atom is -0.491 e. The molecule has 0 bridgehead atoms. The van der Waals surface area contributed by atoms with Gasteiger partial charge in [-0.15, -0.1) is 12.4 Å². The van der Waals surface area contributed by atoms with E-state index in [4.69, 9.17) is 10.5 Å². The summed E-state index contributed by atoms with van der Waals surface area (Å²) in [5, 5.41) is 0. The van der Waals surface area contributed by atoms with E-state index in [1.54, 1.807) is 18.2 Å². The smallest absolute Gasteiger partial charge is 0.240 e. The summed E-state index contributed by atoms with van der Waals surface area (Å²) in [6, 6.07) is 4.87. The van der Waals surface area contributed by atoms with E-state index in [1.165, 1.54) is 0 Å². The molecular formula is C16H29ClN2O3S. The molecule has 0 heterocycles. The van der Waals surface area contributed by atoms with Gasteiger partial charge < -0.3 is 10.5 Å². The Morgan fingerprint density at radius 3 is 2.26 bits per heavy atom. The minimum atomic E-state index is -3.57. The van der Waals surface area contributed by atoms with Crippen LogP contribution < -0.4 is 15.2 Å². The highest BCUT2D eigenvalue weighted by atomic mass is 35.5. The Balaban J connectivity index is 0.00000484. The zero-order valence-corrected chi connectivity index (χ0v) is 16.2. The van der Waals surface area contributed by atoms with Gasteiger partial charge in [-0.1, -0.05) is 13.8 Å². The second-order valence-corrected chi connectivity index (χ2v) is 7.75. The molecule has 0 amide bonds. The summed E-state index contributed by atoms with van der Waals surface area (Å²) in [5.41, 5.74) is 6.43. The first kappa shape index (κ1) is 22.2. The molecule has 0 spiro atoms. The van der Waals surface area contributed by atoms with Crippen molar-refractivity contribution in [3.63, 3.8) is 0 Å². The zero-order chi connectivity index (χ0) is 17.0. The quantitative estimate of drug-likeness (QED) is 0.742. The van der Waals surface area contributed by atoms with Crippen LogP contribution in [0, 0.1) is 6.92 Å². The van der Waals surface area contributed by atoms with Gasteiger partial charge in [0.15, 0.2) is 0 Å². The summed E-state index contributed by atoms with van der Waals surface area (Å²) >= 11 is 0. The van der Waals surface area contributed by atoms with Crippen LogP contribution >= 0.6 is 12.4 Å².